The predicted octanol–water partition coefficient (Wildman–Crippen LogP) is 0.853. The third-order valence-corrected chi connectivity index (χ3v) is 4.09. The third kappa shape index (κ3) is 0.882. The van der Waals surface area contributed by atoms with Crippen LogP contribution in [0.15, 0.2) is 0 Å². The summed E-state index contributed by atoms with van der Waals surface area (Å²) in [4.78, 5) is 2.50. The van der Waals surface area contributed by atoms with E-state index in [1.807, 2.05) is 0 Å². The first-order valence-electron chi connectivity index (χ1n) is 5.24. The van der Waals surface area contributed by atoms with Crippen LogP contribution in [0.1, 0.15) is 25.7 Å². The van der Waals surface area contributed by atoms with Crippen LogP contribution in [-0.2, 0) is 0 Å². The number of nitrogens with zero attached hydrogens (tertiary/aromatic N) is 1. The van der Waals surface area contributed by atoms with E-state index in [0.717, 1.165) is 13.0 Å². The van der Waals surface area contributed by atoms with Gasteiger partial charge in [0.2, 0.25) is 0 Å². The van der Waals surface area contributed by atoms with Gasteiger partial charge in [0.15, 0.2) is 0 Å². The van der Waals surface area contributed by atoms with Crippen LogP contribution in [-0.4, -0.2) is 35.2 Å². The van der Waals surface area contributed by atoms with Crippen molar-refractivity contribution in [2.75, 3.05) is 19.6 Å². The molecular weight excluding hydrogens is 150 g/mol. The molecule has 12 heavy (non-hydrogen) atoms. The maximum Gasteiger partial charge on any atom is 0.0728 e. The fourth-order valence-electron chi connectivity index (χ4n) is 3.11. The Kier molecular flexibility index (Phi) is 1.37. The first kappa shape index (κ1) is 7.34. The minimum absolute atomic E-state index is 0.243. The van der Waals surface area contributed by atoms with Crippen molar-refractivity contribution >= 4 is 0 Å². The van der Waals surface area contributed by atoms with Crippen LogP contribution in [0.4, 0.5) is 0 Å². The van der Waals surface area contributed by atoms with Gasteiger partial charge >= 0.3 is 0 Å². The summed E-state index contributed by atoms with van der Waals surface area (Å²) in [6.45, 7) is 3.55. The Morgan fingerprint density at radius 2 is 1.92 bits per heavy atom. The minimum Gasteiger partial charge on any atom is -0.389 e. The lowest BCUT2D eigenvalue weighted by Gasteiger charge is -2.39. The van der Waals surface area contributed by atoms with E-state index in [2.05, 4.69) is 4.90 Å². The molecule has 2 heteroatoms. The maximum absolute atomic E-state index is 10.5. The van der Waals surface area contributed by atoms with Gasteiger partial charge in [0.25, 0.3) is 0 Å². The Bertz CT molecular complexity index is 202. The van der Waals surface area contributed by atoms with E-state index in [0.29, 0.717) is 11.8 Å². The maximum atomic E-state index is 10.5. The molecular formula is C10H17NO. The van der Waals surface area contributed by atoms with Crippen molar-refractivity contribution in [3.63, 3.8) is 0 Å². The smallest absolute Gasteiger partial charge is 0.0728 e. The summed E-state index contributed by atoms with van der Waals surface area (Å²) in [5, 5.41) is 10.5. The molecule has 0 aromatic carbocycles. The molecule has 0 radical (unpaired) electrons. The molecule has 0 aromatic heterocycles. The summed E-state index contributed by atoms with van der Waals surface area (Å²) >= 11 is 0. The van der Waals surface area contributed by atoms with Gasteiger partial charge in [0.1, 0.15) is 0 Å². The molecule has 3 atom stereocenters. The average molecular weight is 167 g/mol. The highest BCUT2D eigenvalue weighted by Gasteiger charge is 2.52. The lowest BCUT2D eigenvalue weighted by atomic mass is 9.78. The Hall–Kier alpha value is -0.0800. The highest BCUT2D eigenvalue weighted by Crippen LogP contribution is 2.50. The summed E-state index contributed by atoms with van der Waals surface area (Å²) < 4.78 is 0. The Labute approximate surface area is 73.6 Å². The fourth-order valence-corrected chi connectivity index (χ4v) is 3.11. The molecule has 3 aliphatic rings. The van der Waals surface area contributed by atoms with E-state index in [-0.39, 0.29) is 5.60 Å². The largest absolute Gasteiger partial charge is 0.389 e. The Balaban J connectivity index is 1.84. The fraction of sp³-hybridized carbons (Fsp3) is 1.00. The molecule has 2 heterocycles. The van der Waals surface area contributed by atoms with Crippen LogP contribution in [0.25, 0.3) is 0 Å². The second kappa shape index (κ2) is 2.24. The van der Waals surface area contributed by atoms with Crippen molar-refractivity contribution in [3.8, 4) is 0 Å². The van der Waals surface area contributed by atoms with Gasteiger partial charge in [-0.05, 0) is 38.1 Å². The van der Waals surface area contributed by atoms with Crippen LogP contribution >= 0.6 is 0 Å². The molecule has 2 aliphatic heterocycles. The molecule has 3 rings (SSSR count). The molecule has 2 saturated heterocycles. The molecule has 2 nitrogen and oxygen atoms in total. The van der Waals surface area contributed by atoms with Crippen molar-refractivity contribution in [1.82, 2.24) is 4.90 Å². The van der Waals surface area contributed by atoms with Crippen molar-refractivity contribution in [2.24, 2.45) is 11.8 Å². The van der Waals surface area contributed by atoms with Gasteiger partial charge in [-0.2, -0.15) is 0 Å². The van der Waals surface area contributed by atoms with Crippen LogP contribution < -0.4 is 0 Å². The van der Waals surface area contributed by atoms with Gasteiger partial charge in [-0.25, -0.2) is 0 Å². The summed E-state index contributed by atoms with van der Waals surface area (Å²) in [6, 6.07) is 0. The zero-order chi connectivity index (χ0) is 8.18. The molecule has 0 amide bonds. The Morgan fingerprint density at radius 1 is 1.08 bits per heavy atom. The van der Waals surface area contributed by atoms with Gasteiger partial charge in [0, 0.05) is 19.0 Å². The van der Waals surface area contributed by atoms with Crippen molar-refractivity contribution < 1.29 is 5.11 Å². The first-order chi connectivity index (χ1) is 5.79. The number of hydrogen-bond donors (Lipinski definition) is 1. The Morgan fingerprint density at radius 3 is 2.67 bits per heavy atom. The SMILES string of the molecule is OC1(C2CC2)CCN2CCC1C2. The van der Waals surface area contributed by atoms with Crippen molar-refractivity contribution in [2.45, 2.75) is 31.3 Å². The molecule has 2 bridgehead atoms. The second-order valence-electron chi connectivity index (χ2n) is 4.80. The van der Waals surface area contributed by atoms with Gasteiger partial charge in [-0.15, -0.1) is 0 Å². The highest BCUT2D eigenvalue weighted by atomic mass is 16.3. The van der Waals surface area contributed by atoms with Crippen LogP contribution in [0, 0.1) is 11.8 Å². The zero-order valence-corrected chi connectivity index (χ0v) is 7.50. The lowest BCUT2D eigenvalue weighted by Crippen LogP contribution is -2.47. The van der Waals surface area contributed by atoms with E-state index >= 15 is 0 Å². The zero-order valence-electron chi connectivity index (χ0n) is 7.50. The van der Waals surface area contributed by atoms with E-state index in [1.54, 1.807) is 0 Å². The molecule has 1 aliphatic carbocycles. The summed E-state index contributed by atoms with van der Waals surface area (Å²) in [5.41, 5.74) is -0.243. The summed E-state index contributed by atoms with van der Waals surface area (Å²) in [6.07, 6.45) is 4.86. The standard InChI is InChI=1S/C10H17NO/c12-10(8-1-2-8)4-6-11-5-3-9(10)7-11/h8-9,12H,1-7H2. The number of aliphatic hydroxyl groups is 1. The minimum atomic E-state index is -0.243. The molecule has 3 unspecified atom stereocenters. The monoisotopic (exact) mass is 167 g/mol. The highest BCUT2D eigenvalue weighted by molar-refractivity contribution is 5.05. The third-order valence-electron chi connectivity index (χ3n) is 4.09. The molecule has 3 fully saturated rings. The van der Waals surface area contributed by atoms with E-state index in [9.17, 15) is 5.11 Å². The quantitative estimate of drug-likeness (QED) is 0.626. The second-order valence-corrected chi connectivity index (χ2v) is 4.80. The average Bonchev–Trinajstić information content (AvgIpc) is 2.83. The number of piperidine rings is 1. The van der Waals surface area contributed by atoms with Gasteiger partial charge in [-0.1, -0.05) is 0 Å². The number of fused-ring (bicyclic) bond motifs is 2. The van der Waals surface area contributed by atoms with Crippen LogP contribution in [0.2, 0.25) is 0 Å². The molecule has 1 saturated carbocycles. The van der Waals surface area contributed by atoms with Crippen molar-refractivity contribution in [3.05, 3.63) is 0 Å². The molecule has 0 aromatic rings. The van der Waals surface area contributed by atoms with E-state index in [1.165, 1.54) is 32.4 Å². The molecule has 0 spiro atoms. The summed E-state index contributed by atoms with van der Waals surface area (Å²) in [7, 11) is 0. The van der Waals surface area contributed by atoms with Crippen LogP contribution in [0.3, 0.4) is 0 Å². The summed E-state index contributed by atoms with van der Waals surface area (Å²) in [5.74, 6) is 1.28. The topological polar surface area (TPSA) is 23.5 Å². The number of rotatable bonds is 1. The molecule has 1 N–H and O–H groups in total. The van der Waals surface area contributed by atoms with E-state index in [4.69, 9.17) is 0 Å². The number of hydrogen-bond acceptors (Lipinski definition) is 2. The van der Waals surface area contributed by atoms with E-state index < -0.39 is 0 Å². The van der Waals surface area contributed by atoms with Crippen LogP contribution in [0.5, 0.6) is 0 Å². The molecule has 68 valence electrons. The lowest BCUT2D eigenvalue weighted by molar-refractivity contribution is -0.0627. The van der Waals surface area contributed by atoms with Crippen molar-refractivity contribution in [1.29, 1.82) is 0 Å². The van der Waals surface area contributed by atoms with Gasteiger partial charge in [-0.3, -0.25) is 0 Å². The normalized spacial score (nSPS) is 52.8. The predicted molar refractivity (Wildman–Crippen MR) is 46.8 cm³/mol. The van der Waals surface area contributed by atoms with Gasteiger partial charge < -0.3 is 10.0 Å². The van der Waals surface area contributed by atoms with Gasteiger partial charge in [0.05, 0.1) is 5.60 Å². The first-order valence-corrected chi connectivity index (χ1v) is 5.24.